The molecule has 0 radical (unpaired) electrons. The maximum atomic E-state index is 5.99. The van der Waals surface area contributed by atoms with Crippen LogP contribution in [0, 0.1) is 3.57 Å². The van der Waals surface area contributed by atoms with Crippen LogP contribution in [0.2, 0.25) is 5.15 Å². The van der Waals surface area contributed by atoms with Crippen molar-refractivity contribution in [3.63, 3.8) is 0 Å². The van der Waals surface area contributed by atoms with Crippen LogP contribution in [0.1, 0.15) is 0 Å². The van der Waals surface area contributed by atoms with Gasteiger partial charge in [-0.3, -0.25) is 0 Å². The van der Waals surface area contributed by atoms with Crippen molar-refractivity contribution in [2.45, 2.75) is 0 Å². The highest BCUT2D eigenvalue weighted by molar-refractivity contribution is 14.1. The van der Waals surface area contributed by atoms with Crippen LogP contribution in [0.4, 0.5) is 0 Å². The zero-order valence-electron chi connectivity index (χ0n) is 9.78. The average Bonchev–Trinajstić information content (AvgIpc) is 2.41. The molecule has 0 fully saturated rings. The Morgan fingerprint density at radius 3 is 2.61 bits per heavy atom. The third kappa shape index (κ3) is 2.67. The fraction of sp³-hybridized carbons (Fsp3) is 0.167. The van der Waals surface area contributed by atoms with Gasteiger partial charge in [-0.15, -0.1) is 0 Å². The van der Waals surface area contributed by atoms with E-state index in [9.17, 15) is 0 Å². The summed E-state index contributed by atoms with van der Waals surface area (Å²) in [5, 5.41) is 0.429. The van der Waals surface area contributed by atoms with Crippen molar-refractivity contribution in [3.05, 3.63) is 33.1 Å². The molecule has 2 aromatic rings. The lowest BCUT2D eigenvalue weighted by Gasteiger charge is -2.09. The lowest BCUT2D eigenvalue weighted by atomic mass is 10.2. The summed E-state index contributed by atoms with van der Waals surface area (Å²) in [5.41, 5.74) is 0.775. The van der Waals surface area contributed by atoms with Crippen LogP contribution in [-0.2, 0) is 0 Å². The summed E-state index contributed by atoms with van der Waals surface area (Å²) in [6, 6.07) is 5.45. The minimum atomic E-state index is 0.429. The number of ether oxygens (including phenoxy) is 2. The van der Waals surface area contributed by atoms with E-state index in [1.54, 1.807) is 26.5 Å². The third-order valence-corrected chi connectivity index (χ3v) is 3.75. The smallest absolute Gasteiger partial charge is 0.164 e. The first-order chi connectivity index (χ1) is 8.65. The molecule has 0 amide bonds. The normalized spacial score (nSPS) is 10.2. The minimum absolute atomic E-state index is 0.429. The second-order valence-corrected chi connectivity index (χ2v) is 4.92. The maximum Gasteiger partial charge on any atom is 0.164 e. The SMILES string of the molecule is COc1ccc(-c2ncc(I)c(Cl)n2)c(OC)c1. The molecule has 0 saturated carbocycles. The van der Waals surface area contributed by atoms with Gasteiger partial charge in [0.1, 0.15) is 16.7 Å². The number of benzene rings is 1. The van der Waals surface area contributed by atoms with Crippen molar-refractivity contribution in [1.82, 2.24) is 9.97 Å². The molecule has 0 saturated heterocycles. The summed E-state index contributed by atoms with van der Waals surface area (Å²) in [7, 11) is 3.19. The van der Waals surface area contributed by atoms with Crippen LogP contribution in [0.3, 0.4) is 0 Å². The molecule has 0 spiro atoms. The van der Waals surface area contributed by atoms with Gasteiger partial charge in [-0.25, -0.2) is 9.97 Å². The molecule has 2 rings (SSSR count). The highest BCUT2D eigenvalue weighted by atomic mass is 127. The maximum absolute atomic E-state index is 5.99. The quantitative estimate of drug-likeness (QED) is 0.608. The van der Waals surface area contributed by atoms with Gasteiger partial charge in [0.2, 0.25) is 0 Å². The molecular weight excluding hydrogens is 367 g/mol. The van der Waals surface area contributed by atoms with Crippen LogP contribution >= 0.6 is 34.2 Å². The summed E-state index contributed by atoms with van der Waals surface area (Å²) in [6.45, 7) is 0. The Morgan fingerprint density at radius 2 is 2.00 bits per heavy atom. The fourth-order valence-corrected chi connectivity index (χ4v) is 1.85. The van der Waals surface area contributed by atoms with E-state index in [0.717, 1.165) is 9.13 Å². The molecule has 0 atom stereocenters. The number of nitrogens with zero attached hydrogens (tertiary/aromatic N) is 2. The van der Waals surface area contributed by atoms with Gasteiger partial charge in [0, 0.05) is 12.3 Å². The Balaban J connectivity index is 2.52. The molecule has 0 unspecified atom stereocenters. The number of hydrogen-bond donors (Lipinski definition) is 0. The third-order valence-electron chi connectivity index (χ3n) is 2.35. The van der Waals surface area contributed by atoms with E-state index >= 15 is 0 Å². The molecule has 94 valence electrons. The van der Waals surface area contributed by atoms with Crippen LogP contribution in [-0.4, -0.2) is 24.2 Å². The lowest BCUT2D eigenvalue weighted by molar-refractivity contribution is 0.395. The van der Waals surface area contributed by atoms with Gasteiger partial charge in [-0.2, -0.15) is 0 Å². The van der Waals surface area contributed by atoms with Gasteiger partial charge in [0.15, 0.2) is 5.82 Å². The predicted octanol–water partition coefficient (Wildman–Crippen LogP) is 3.42. The molecule has 0 aliphatic rings. The number of methoxy groups -OCH3 is 2. The standard InChI is InChI=1S/C12H10ClIN2O2/c1-17-7-3-4-8(10(5-7)18-2)12-15-6-9(14)11(13)16-12/h3-6H,1-2H3. The molecule has 1 aromatic heterocycles. The fourth-order valence-electron chi connectivity index (χ4n) is 1.46. The second kappa shape index (κ2) is 5.71. The number of rotatable bonds is 3. The molecule has 1 aromatic carbocycles. The van der Waals surface area contributed by atoms with E-state index in [1.165, 1.54) is 0 Å². The first-order valence-electron chi connectivity index (χ1n) is 5.06. The molecule has 0 bridgehead atoms. The van der Waals surface area contributed by atoms with Crippen molar-refractivity contribution >= 4 is 34.2 Å². The predicted molar refractivity (Wildman–Crippen MR) is 78.3 cm³/mol. The first-order valence-corrected chi connectivity index (χ1v) is 6.52. The highest BCUT2D eigenvalue weighted by Crippen LogP contribution is 2.32. The Kier molecular flexibility index (Phi) is 4.23. The Bertz CT molecular complexity index is 578. The summed E-state index contributed by atoms with van der Waals surface area (Å²) in [6.07, 6.45) is 1.68. The van der Waals surface area contributed by atoms with E-state index in [2.05, 4.69) is 32.6 Å². The van der Waals surface area contributed by atoms with E-state index < -0.39 is 0 Å². The number of halogens is 2. The highest BCUT2D eigenvalue weighted by Gasteiger charge is 2.11. The molecule has 4 nitrogen and oxygen atoms in total. The Morgan fingerprint density at radius 1 is 1.22 bits per heavy atom. The Hall–Kier alpha value is -1.08. The van der Waals surface area contributed by atoms with Crippen LogP contribution in [0.15, 0.2) is 24.4 Å². The molecule has 18 heavy (non-hydrogen) atoms. The van der Waals surface area contributed by atoms with Gasteiger partial charge in [-0.05, 0) is 34.7 Å². The van der Waals surface area contributed by atoms with Crippen molar-refractivity contribution in [2.75, 3.05) is 14.2 Å². The molecule has 1 heterocycles. The second-order valence-electron chi connectivity index (χ2n) is 3.40. The van der Waals surface area contributed by atoms with Crippen LogP contribution < -0.4 is 9.47 Å². The van der Waals surface area contributed by atoms with Crippen LogP contribution in [0.5, 0.6) is 11.5 Å². The summed E-state index contributed by atoms with van der Waals surface area (Å²) in [5.74, 6) is 1.89. The molecule has 0 aliphatic heterocycles. The zero-order valence-corrected chi connectivity index (χ0v) is 12.7. The minimum Gasteiger partial charge on any atom is -0.497 e. The summed E-state index contributed by atoms with van der Waals surface area (Å²) in [4.78, 5) is 8.48. The van der Waals surface area contributed by atoms with Crippen LogP contribution in [0.25, 0.3) is 11.4 Å². The van der Waals surface area contributed by atoms with E-state index in [1.807, 2.05) is 12.1 Å². The number of aromatic nitrogens is 2. The molecule has 0 aliphatic carbocycles. The van der Waals surface area contributed by atoms with E-state index in [4.69, 9.17) is 21.1 Å². The van der Waals surface area contributed by atoms with Crippen molar-refractivity contribution < 1.29 is 9.47 Å². The topological polar surface area (TPSA) is 44.2 Å². The van der Waals surface area contributed by atoms with Gasteiger partial charge in [0.05, 0.1) is 23.4 Å². The van der Waals surface area contributed by atoms with Crippen molar-refractivity contribution in [2.24, 2.45) is 0 Å². The van der Waals surface area contributed by atoms with E-state index in [0.29, 0.717) is 22.5 Å². The largest absolute Gasteiger partial charge is 0.497 e. The molecule has 0 N–H and O–H groups in total. The van der Waals surface area contributed by atoms with Gasteiger partial charge < -0.3 is 9.47 Å². The molecular formula is C12H10ClIN2O2. The molecule has 6 heteroatoms. The average molecular weight is 377 g/mol. The lowest BCUT2D eigenvalue weighted by Crippen LogP contribution is -1.95. The Labute approximate surface area is 123 Å². The van der Waals surface area contributed by atoms with Crippen molar-refractivity contribution in [3.8, 4) is 22.9 Å². The van der Waals surface area contributed by atoms with Gasteiger partial charge >= 0.3 is 0 Å². The first kappa shape index (κ1) is 13.4. The van der Waals surface area contributed by atoms with Gasteiger partial charge in [0.25, 0.3) is 0 Å². The summed E-state index contributed by atoms with van der Waals surface area (Å²) >= 11 is 8.08. The van der Waals surface area contributed by atoms with Crippen molar-refractivity contribution in [1.29, 1.82) is 0 Å². The van der Waals surface area contributed by atoms with E-state index in [-0.39, 0.29) is 0 Å². The van der Waals surface area contributed by atoms with Gasteiger partial charge in [-0.1, -0.05) is 11.6 Å². The number of hydrogen-bond acceptors (Lipinski definition) is 4. The monoisotopic (exact) mass is 376 g/mol. The summed E-state index contributed by atoms with van der Waals surface area (Å²) < 4.78 is 11.3. The zero-order chi connectivity index (χ0) is 13.1.